The van der Waals surface area contributed by atoms with E-state index >= 15 is 0 Å². The Labute approximate surface area is 107 Å². The van der Waals surface area contributed by atoms with Crippen molar-refractivity contribution in [2.75, 3.05) is 11.1 Å². The van der Waals surface area contributed by atoms with Crippen LogP contribution in [0.5, 0.6) is 0 Å². The second kappa shape index (κ2) is 4.77. The van der Waals surface area contributed by atoms with Crippen molar-refractivity contribution in [1.82, 2.24) is 4.98 Å². The number of anilines is 3. The summed E-state index contributed by atoms with van der Waals surface area (Å²) in [5.74, 6) is -0.00698. The molecular formula is C11H8Cl2FN3. The van der Waals surface area contributed by atoms with Gasteiger partial charge in [0, 0.05) is 0 Å². The molecule has 1 heterocycles. The fourth-order valence-electron chi connectivity index (χ4n) is 1.26. The van der Waals surface area contributed by atoms with Gasteiger partial charge in [0.2, 0.25) is 0 Å². The summed E-state index contributed by atoms with van der Waals surface area (Å²) in [6.45, 7) is 0. The van der Waals surface area contributed by atoms with Crippen LogP contribution in [0.15, 0.2) is 30.3 Å². The predicted molar refractivity (Wildman–Crippen MR) is 68.4 cm³/mol. The number of hydrogen-bond acceptors (Lipinski definition) is 3. The molecule has 0 fully saturated rings. The molecule has 3 nitrogen and oxygen atoms in total. The Morgan fingerprint density at radius 1 is 1.18 bits per heavy atom. The second-order valence-electron chi connectivity index (χ2n) is 3.29. The van der Waals surface area contributed by atoms with Crippen molar-refractivity contribution in [1.29, 1.82) is 0 Å². The Kier molecular flexibility index (Phi) is 3.36. The number of nitrogen functional groups attached to an aromatic ring is 1. The fraction of sp³-hybridized carbons (Fsp3) is 0. The first-order valence-electron chi connectivity index (χ1n) is 4.71. The van der Waals surface area contributed by atoms with Crippen LogP contribution in [0.2, 0.25) is 10.0 Å². The summed E-state index contributed by atoms with van der Waals surface area (Å²) in [5, 5.41) is 3.28. The van der Waals surface area contributed by atoms with Gasteiger partial charge >= 0.3 is 0 Å². The summed E-state index contributed by atoms with van der Waals surface area (Å²) < 4.78 is 13.4. The van der Waals surface area contributed by atoms with Gasteiger partial charge in [-0.05, 0) is 18.2 Å². The van der Waals surface area contributed by atoms with Crippen molar-refractivity contribution in [3.63, 3.8) is 0 Å². The van der Waals surface area contributed by atoms with E-state index in [0.717, 1.165) is 0 Å². The highest BCUT2D eigenvalue weighted by Gasteiger charge is 2.09. The monoisotopic (exact) mass is 271 g/mol. The van der Waals surface area contributed by atoms with Crippen molar-refractivity contribution in [2.45, 2.75) is 0 Å². The number of rotatable bonds is 2. The first-order chi connectivity index (χ1) is 8.08. The third-order valence-electron chi connectivity index (χ3n) is 2.08. The standard InChI is InChI=1S/C11H8Cl2FN3/c12-6-5-7(13)11(17-10(6)15)16-9-4-2-1-3-8(9)14/h1-5H,(H3,15,16,17). The summed E-state index contributed by atoms with van der Waals surface area (Å²) in [6.07, 6.45) is 0. The van der Waals surface area contributed by atoms with E-state index in [1.165, 1.54) is 12.1 Å². The summed E-state index contributed by atoms with van der Waals surface area (Å²) in [6, 6.07) is 7.63. The van der Waals surface area contributed by atoms with Crippen LogP contribution in [0.25, 0.3) is 0 Å². The summed E-state index contributed by atoms with van der Waals surface area (Å²) in [4.78, 5) is 3.94. The third-order valence-corrected chi connectivity index (χ3v) is 2.67. The Bertz CT molecular complexity index is 560. The lowest BCUT2D eigenvalue weighted by Gasteiger charge is -2.09. The maximum Gasteiger partial charge on any atom is 0.151 e. The highest BCUT2D eigenvalue weighted by atomic mass is 35.5. The van der Waals surface area contributed by atoms with Gasteiger partial charge in [0.1, 0.15) is 11.6 Å². The van der Waals surface area contributed by atoms with Crippen LogP contribution in [0, 0.1) is 5.82 Å². The molecule has 0 spiro atoms. The maximum atomic E-state index is 13.4. The lowest BCUT2D eigenvalue weighted by Crippen LogP contribution is -2.00. The number of hydrogen-bond donors (Lipinski definition) is 2. The number of nitrogens with zero attached hydrogens (tertiary/aromatic N) is 1. The zero-order chi connectivity index (χ0) is 12.4. The molecule has 1 aromatic heterocycles. The molecule has 0 amide bonds. The molecule has 0 atom stereocenters. The molecule has 88 valence electrons. The Hall–Kier alpha value is -1.52. The van der Waals surface area contributed by atoms with Crippen LogP contribution in [-0.4, -0.2) is 4.98 Å². The van der Waals surface area contributed by atoms with Gasteiger partial charge in [-0.1, -0.05) is 35.3 Å². The lowest BCUT2D eigenvalue weighted by atomic mass is 10.3. The van der Waals surface area contributed by atoms with Crippen molar-refractivity contribution in [3.05, 3.63) is 46.2 Å². The zero-order valence-corrected chi connectivity index (χ0v) is 10.1. The van der Waals surface area contributed by atoms with Crippen molar-refractivity contribution in [3.8, 4) is 0 Å². The summed E-state index contributed by atoms with van der Waals surface area (Å²) >= 11 is 11.7. The first kappa shape index (κ1) is 12.0. The van der Waals surface area contributed by atoms with Crippen molar-refractivity contribution < 1.29 is 4.39 Å². The molecule has 2 rings (SSSR count). The van der Waals surface area contributed by atoms with E-state index in [-0.39, 0.29) is 27.4 Å². The molecule has 2 aromatic rings. The topological polar surface area (TPSA) is 50.9 Å². The molecule has 1 aromatic carbocycles. The quantitative estimate of drug-likeness (QED) is 0.872. The Morgan fingerprint density at radius 2 is 1.88 bits per heavy atom. The van der Waals surface area contributed by atoms with Crippen LogP contribution >= 0.6 is 23.2 Å². The van der Waals surface area contributed by atoms with Crippen molar-refractivity contribution >= 4 is 40.5 Å². The molecule has 0 saturated carbocycles. The first-order valence-corrected chi connectivity index (χ1v) is 5.46. The van der Waals surface area contributed by atoms with E-state index in [1.54, 1.807) is 18.2 Å². The number of benzene rings is 1. The second-order valence-corrected chi connectivity index (χ2v) is 4.11. The van der Waals surface area contributed by atoms with Crippen LogP contribution in [0.4, 0.5) is 21.7 Å². The van der Waals surface area contributed by atoms with Gasteiger partial charge in [-0.25, -0.2) is 9.37 Å². The number of halogens is 3. The molecule has 0 bridgehead atoms. The van der Waals surface area contributed by atoms with E-state index < -0.39 is 5.82 Å². The molecular weight excluding hydrogens is 264 g/mol. The smallest absolute Gasteiger partial charge is 0.151 e. The number of pyridine rings is 1. The number of aromatic nitrogens is 1. The SMILES string of the molecule is Nc1nc(Nc2ccccc2F)c(Cl)cc1Cl. The molecule has 0 aliphatic carbocycles. The van der Waals surface area contributed by atoms with Crippen LogP contribution in [-0.2, 0) is 0 Å². The van der Waals surface area contributed by atoms with Gasteiger partial charge in [-0.15, -0.1) is 0 Å². The van der Waals surface area contributed by atoms with E-state index in [0.29, 0.717) is 0 Å². The fourth-order valence-corrected chi connectivity index (χ4v) is 1.66. The number of nitrogens with two attached hydrogens (primary N) is 1. The van der Waals surface area contributed by atoms with E-state index in [1.807, 2.05) is 0 Å². The largest absolute Gasteiger partial charge is 0.382 e. The minimum Gasteiger partial charge on any atom is -0.382 e. The van der Waals surface area contributed by atoms with Gasteiger partial charge in [0.25, 0.3) is 0 Å². The highest BCUT2D eigenvalue weighted by molar-refractivity contribution is 6.37. The molecule has 0 aliphatic heterocycles. The number of para-hydroxylation sites is 1. The molecule has 0 radical (unpaired) electrons. The summed E-state index contributed by atoms with van der Waals surface area (Å²) in [5.41, 5.74) is 5.81. The van der Waals surface area contributed by atoms with E-state index in [9.17, 15) is 4.39 Å². The van der Waals surface area contributed by atoms with Gasteiger partial charge in [-0.2, -0.15) is 0 Å². The minimum absolute atomic E-state index is 0.134. The molecule has 3 N–H and O–H groups in total. The highest BCUT2D eigenvalue weighted by Crippen LogP contribution is 2.30. The maximum absolute atomic E-state index is 13.4. The van der Waals surface area contributed by atoms with E-state index in [2.05, 4.69) is 10.3 Å². The molecule has 0 unspecified atom stereocenters. The molecule has 0 saturated heterocycles. The van der Waals surface area contributed by atoms with Gasteiger partial charge in [0.05, 0.1) is 15.7 Å². The normalized spacial score (nSPS) is 10.3. The summed E-state index contributed by atoms with van der Waals surface area (Å²) in [7, 11) is 0. The lowest BCUT2D eigenvalue weighted by molar-refractivity contribution is 0.632. The van der Waals surface area contributed by atoms with Gasteiger partial charge < -0.3 is 11.1 Å². The van der Waals surface area contributed by atoms with Gasteiger partial charge in [-0.3, -0.25) is 0 Å². The Morgan fingerprint density at radius 3 is 2.59 bits per heavy atom. The zero-order valence-electron chi connectivity index (χ0n) is 8.55. The van der Waals surface area contributed by atoms with Crippen LogP contribution < -0.4 is 11.1 Å². The number of nitrogens with one attached hydrogen (secondary N) is 1. The van der Waals surface area contributed by atoms with Gasteiger partial charge in [0.15, 0.2) is 5.82 Å². The molecule has 0 aliphatic rings. The third kappa shape index (κ3) is 2.60. The minimum atomic E-state index is -0.404. The molecule has 17 heavy (non-hydrogen) atoms. The van der Waals surface area contributed by atoms with Crippen LogP contribution in [0.1, 0.15) is 0 Å². The average Bonchev–Trinajstić information content (AvgIpc) is 2.29. The predicted octanol–water partition coefficient (Wildman–Crippen LogP) is 3.85. The Balaban J connectivity index is 2.37. The average molecular weight is 272 g/mol. The van der Waals surface area contributed by atoms with Crippen molar-refractivity contribution in [2.24, 2.45) is 0 Å². The molecule has 6 heteroatoms. The van der Waals surface area contributed by atoms with Crippen LogP contribution in [0.3, 0.4) is 0 Å². The van der Waals surface area contributed by atoms with E-state index in [4.69, 9.17) is 28.9 Å².